The molecule has 1 aliphatic heterocycles. The predicted octanol–water partition coefficient (Wildman–Crippen LogP) is 2.82. The minimum Gasteiger partial charge on any atom is -0.467 e. The molecule has 1 amide bonds. The van der Waals surface area contributed by atoms with E-state index in [0.29, 0.717) is 65.9 Å². The van der Waals surface area contributed by atoms with Crippen molar-refractivity contribution < 1.29 is 42.7 Å². The van der Waals surface area contributed by atoms with Crippen LogP contribution in [0.25, 0.3) is 0 Å². The number of carbonyl (C=O) groups excluding carboxylic acids is 2. The van der Waals surface area contributed by atoms with E-state index in [9.17, 15) is 9.59 Å². The molecule has 0 aromatic heterocycles. The molecular formula is C26H41NO9. The molecule has 0 aliphatic carbocycles. The third-order valence-corrected chi connectivity index (χ3v) is 5.17. The van der Waals surface area contributed by atoms with Crippen molar-refractivity contribution in [3.05, 3.63) is 35.9 Å². The van der Waals surface area contributed by atoms with Crippen molar-refractivity contribution in [3.63, 3.8) is 0 Å². The Morgan fingerprint density at radius 1 is 0.861 bits per heavy atom. The standard InChI is InChI=1S/C26H41NO9/c1-26(2,3)36-25(29)27-19-22(18-23(27)24(28)30-4)35-17-16-33-13-12-31-10-11-32-14-15-34-20-21-8-6-5-7-9-21/h5-9,22-23H,10-20H2,1-4H3/t22-,23-/m0/s1. The maximum absolute atomic E-state index is 12.5. The molecule has 2 rings (SSSR count). The van der Waals surface area contributed by atoms with E-state index in [4.69, 9.17) is 33.2 Å². The molecular weight excluding hydrogens is 470 g/mol. The van der Waals surface area contributed by atoms with Crippen LogP contribution in [0.5, 0.6) is 0 Å². The van der Waals surface area contributed by atoms with Crippen LogP contribution in [-0.4, -0.2) is 101 Å². The number of benzene rings is 1. The Labute approximate surface area is 214 Å². The summed E-state index contributed by atoms with van der Waals surface area (Å²) in [4.78, 5) is 25.9. The lowest BCUT2D eigenvalue weighted by Gasteiger charge is -2.27. The maximum atomic E-state index is 12.5. The van der Waals surface area contributed by atoms with Crippen LogP contribution in [-0.2, 0) is 44.6 Å². The van der Waals surface area contributed by atoms with E-state index in [0.717, 1.165) is 5.56 Å². The summed E-state index contributed by atoms with van der Waals surface area (Å²) in [6.45, 7) is 9.81. The Hall–Kier alpha value is -2.24. The highest BCUT2D eigenvalue weighted by Gasteiger charge is 2.42. The lowest BCUT2D eigenvalue weighted by atomic mass is 10.2. The van der Waals surface area contributed by atoms with Gasteiger partial charge in [-0.05, 0) is 26.3 Å². The van der Waals surface area contributed by atoms with Gasteiger partial charge in [-0.2, -0.15) is 0 Å². The lowest BCUT2D eigenvalue weighted by molar-refractivity contribution is -0.145. The SMILES string of the molecule is COC(=O)[C@@H]1C[C@H](OCCOCCOCCOCCOCc2ccccc2)CN1C(=O)OC(C)(C)C. The summed E-state index contributed by atoms with van der Waals surface area (Å²) in [7, 11) is 1.30. The molecule has 1 aromatic carbocycles. The van der Waals surface area contributed by atoms with E-state index in [1.54, 1.807) is 20.8 Å². The van der Waals surface area contributed by atoms with Crippen LogP contribution >= 0.6 is 0 Å². The van der Waals surface area contributed by atoms with Crippen LogP contribution in [0.2, 0.25) is 0 Å². The van der Waals surface area contributed by atoms with Crippen molar-refractivity contribution in [2.75, 3.05) is 66.5 Å². The van der Waals surface area contributed by atoms with E-state index >= 15 is 0 Å². The Kier molecular flexibility index (Phi) is 13.7. The summed E-state index contributed by atoms with van der Waals surface area (Å²) >= 11 is 0. The molecule has 10 nitrogen and oxygen atoms in total. The van der Waals surface area contributed by atoms with Gasteiger partial charge in [-0.1, -0.05) is 30.3 Å². The van der Waals surface area contributed by atoms with Gasteiger partial charge in [0.15, 0.2) is 0 Å². The van der Waals surface area contributed by atoms with E-state index < -0.39 is 23.7 Å². The number of methoxy groups -OCH3 is 1. The first-order chi connectivity index (χ1) is 17.3. The number of hydrogen-bond acceptors (Lipinski definition) is 9. The topological polar surface area (TPSA) is 102 Å². The van der Waals surface area contributed by atoms with Gasteiger partial charge >= 0.3 is 12.1 Å². The lowest BCUT2D eigenvalue weighted by Crippen LogP contribution is -2.44. The second-order valence-electron chi connectivity index (χ2n) is 9.28. The van der Waals surface area contributed by atoms with Crippen molar-refractivity contribution in [2.24, 2.45) is 0 Å². The normalized spacial score (nSPS) is 17.8. The Morgan fingerprint density at radius 3 is 1.97 bits per heavy atom. The number of nitrogens with zero attached hydrogens (tertiary/aromatic N) is 1. The molecule has 1 fully saturated rings. The summed E-state index contributed by atoms with van der Waals surface area (Å²) in [6, 6.07) is 9.29. The Bertz CT molecular complexity index is 754. The first-order valence-electron chi connectivity index (χ1n) is 12.3. The molecule has 204 valence electrons. The fourth-order valence-electron chi connectivity index (χ4n) is 3.50. The number of esters is 1. The van der Waals surface area contributed by atoms with Gasteiger partial charge in [-0.15, -0.1) is 0 Å². The summed E-state index contributed by atoms with van der Waals surface area (Å²) in [5.74, 6) is -0.482. The first kappa shape index (κ1) is 30.0. The van der Waals surface area contributed by atoms with Gasteiger partial charge in [0.2, 0.25) is 0 Å². The molecule has 0 radical (unpaired) electrons. The van der Waals surface area contributed by atoms with Gasteiger partial charge in [0.05, 0.1) is 79.2 Å². The number of hydrogen-bond donors (Lipinski definition) is 0. The molecule has 1 aliphatic rings. The van der Waals surface area contributed by atoms with Crippen LogP contribution in [0.4, 0.5) is 4.79 Å². The fourth-order valence-corrected chi connectivity index (χ4v) is 3.50. The first-order valence-corrected chi connectivity index (χ1v) is 12.3. The second kappa shape index (κ2) is 16.5. The van der Waals surface area contributed by atoms with Crippen LogP contribution in [0, 0.1) is 0 Å². The van der Waals surface area contributed by atoms with Crippen molar-refractivity contribution >= 4 is 12.1 Å². The van der Waals surface area contributed by atoms with E-state index in [1.165, 1.54) is 12.0 Å². The number of likely N-dealkylation sites (tertiary alicyclic amines) is 1. The van der Waals surface area contributed by atoms with Crippen molar-refractivity contribution in [3.8, 4) is 0 Å². The Balaban J connectivity index is 1.45. The number of amides is 1. The zero-order valence-electron chi connectivity index (χ0n) is 21.9. The molecule has 2 atom stereocenters. The smallest absolute Gasteiger partial charge is 0.411 e. The zero-order valence-corrected chi connectivity index (χ0v) is 21.9. The van der Waals surface area contributed by atoms with Crippen LogP contribution in [0.15, 0.2) is 30.3 Å². The van der Waals surface area contributed by atoms with Gasteiger partial charge in [-0.25, -0.2) is 9.59 Å². The summed E-state index contributed by atoms with van der Waals surface area (Å²) in [5.41, 5.74) is 0.484. The molecule has 36 heavy (non-hydrogen) atoms. The molecule has 1 aromatic rings. The molecule has 1 heterocycles. The molecule has 0 unspecified atom stereocenters. The van der Waals surface area contributed by atoms with Gasteiger partial charge in [0.1, 0.15) is 11.6 Å². The molecule has 1 saturated heterocycles. The van der Waals surface area contributed by atoms with Crippen LogP contribution < -0.4 is 0 Å². The number of carbonyl (C=O) groups is 2. The minimum atomic E-state index is -0.721. The van der Waals surface area contributed by atoms with Crippen molar-refractivity contribution in [1.29, 1.82) is 0 Å². The maximum Gasteiger partial charge on any atom is 0.411 e. The van der Waals surface area contributed by atoms with Crippen LogP contribution in [0.1, 0.15) is 32.8 Å². The van der Waals surface area contributed by atoms with E-state index in [2.05, 4.69) is 0 Å². The Morgan fingerprint density at radius 2 is 1.42 bits per heavy atom. The number of ether oxygens (including phenoxy) is 7. The average molecular weight is 512 g/mol. The van der Waals surface area contributed by atoms with Gasteiger partial charge in [0, 0.05) is 6.42 Å². The molecule has 0 saturated carbocycles. The molecule has 10 heteroatoms. The van der Waals surface area contributed by atoms with E-state index in [-0.39, 0.29) is 12.6 Å². The van der Waals surface area contributed by atoms with Crippen LogP contribution in [0.3, 0.4) is 0 Å². The third kappa shape index (κ3) is 12.1. The van der Waals surface area contributed by atoms with Gasteiger partial charge < -0.3 is 33.2 Å². The molecule has 0 N–H and O–H groups in total. The van der Waals surface area contributed by atoms with Gasteiger partial charge in [0.25, 0.3) is 0 Å². The second-order valence-corrected chi connectivity index (χ2v) is 9.28. The quantitative estimate of drug-likeness (QED) is 0.245. The highest BCUT2D eigenvalue weighted by atomic mass is 16.6. The minimum absolute atomic E-state index is 0.259. The largest absolute Gasteiger partial charge is 0.467 e. The monoisotopic (exact) mass is 511 g/mol. The predicted molar refractivity (Wildman–Crippen MR) is 132 cm³/mol. The summed E-state index contributed by atoms with van der Waals surface area (Å²) in [5, 5.41) is 0. The zero-order chi connectivity index (χ0) is 26.2. The van der Waals surface area contributed by atoms with Crippen molar-refractivity contribution in [2.45, 2.75) is 51.5 Å². The molecule has 0 spiro atoms. The highest BCUT2D eigenvalue weighted by molar-refractivity contribution is 5.82. The van der Waals surface area contributed by atoms with Crippen molar-refractivity contribution in [1.82, 2.24) is 4.90 Å². The summed E-state index contributed by atoms with van der Waals surface area (Å²) < 4.78 is 38.1. The highest BCUT2D eigenvalue weighted by Crippen LogP contribution is 2.24. The summed E-state index contributed by atoms with van der Waals surface area (Å²) in [6.07, 6.45) is -0.497. The van der Waals surface area contributed by atoms with Gasteiger partial charge in [-0.3, -0.25) is 4.90 Å². The average Bonchev–Trinajstić information content (AvgIpc) is 3.28. The fraction of sp³-hybridized carbons (Fsp3) is 0.692. The number of rotatable bonds is 16. The molecule has 0 bridgehead atoms. The third-order valence-electron chi connectivity index (χ3n) is 5.17. The van der Waals surface area contributed by atoms with E-state index in [1.807, 2.05) is 30.3 Å².